The molecule has 1 heterocycles. The SMILES string of the molecule is O=C(CSc1nnc(COc2ccccc2Cl)o1)NCCC1=CCCCC1. The van der Waals surface area contributed by atoms with Gasteiger partial charge in [0.2, 0.25) is 5.91 Å². The van der Waals surface area contributed by atoms with Crippen molar-refractivity contribution in [2.45, 2.75) is 43.9 Å². The molecule has 0 saturated heterocycles. The molecule has 1 aliphatic carbocycles. The van der Waals surface area contributed by atoms with E-state index >= 15 is 0 Å². The Morgan fingerprint density at radius 1 is 1.30 bits per heavy atom. The van der Waals surface area contributed by atoms with Crippen LogP contribution in [-0.2, 0) is 11.4 Å². The van der Waals surface area contributed by atoms with Crippen molar-refractivity contribution in [2.24, 2.45) is 0 Å². The summed E-state index contributed by atoms with van der Waals surface area (Å²) in [6, 6.07) is 7.17. The molecule has 8 heteroatoms. The number of hydrogen-bond acceptors (Lipinski definition) is 6. The van der Waals surface area contributed by atoms with Gasteiger partial charge in [-0.05, 0) is 44.2 Å². The van der Waals surface area contributed by atoms with Gasteiger partial charge in [0.25, 0.3) is 11.1 Å². The molecule has 2 aromatic rings. The van der Waals surface area contributed by atoms with Gasteiger partial charge in [0.1, 0.15) is 5.75 Å². The van der Waals surface area contributed by atoms with Crippen LogP contribution in [0.15, 0.2) is 45.6 Å². The van der Waals surface area contributed by atoms with Crippen LogP contribution in [0.1, 0.15) is 38.0 Å². The number of carbonyl (C=O) groups excluding carboxylic acids is 1. The first-order valence-corrected chi connectivity index (χ1v) is 10.3. The van der Waals surface area contributed by atoms with Gasteiger partial charge < -0.3 is 14.5 Å². The predicted molar refractivity (Wildman–Crippen MR) is 105 cm³/mol. The van der Waals surface area contributed by atoms with Crippen LogP contribution >= 0.6 is 23.4 Å². The topological polar surface area (TPSA) is 77.2 Å². The number of thioether (sulfide) groups is 1. The maximum absolute atomic E-state index is 11.9. The average molecular weight is 408 g/mol. The first-order valence-electron chi connectivity index (χ1n) is 8.98. The molecule has 1 amide bonds. The Bertz CT molecular complexity index is 794. The number of para-hydroxylation sites is 1. The van der Waals surface area contributed by atoms with Crippen LogP contribution in [0.5, 0.6) is 5.75 Å². The van der Waals surface area contributed by atoms with E-state index in [0.29, 0.717) is 28.4 Å². The third-order valence-electron chi connectivity index (χ3n) is 4.12. The highest BCUT2D eigenvalue weighted by Gasteiger charge is 2.11. The van der Waals surface area contributed by atoms with Crippen LogP contribution in [-0.4, -0.2) is 28.4 Å². The lowest BCUT2D eigenvalue weighted by molar-refractivity contribution is -0.118. The molecule has 0 saturated carbocycles. The Hall–Kier alpha value is -1.99. The summed E-state index contributed by atoms with van der Waals surface area (Å²) in [6.07, 6.45) is 8.09. The second-order valence-electron chi connectivity index (χ2n) is 6.18. The summed E-state index contributed by atoms with van der Waals surface area (Å²) in [4.78, 5) is 11.9. The number of halogens is 1. The number of carbonyl (C=O) groups is 1. The highest BCUT2D eigenvalue weighted by atomic mass is 35.5. The number of amides is 1. The molecule has 0 bridgehead atoms. The fourth-order valence-corrected chi connectivity index (χ4v) is 3.53. The van der Waals surface area contributed by atoms with Crippen molar-refractivity contribution in [2.75, 3.05) is 12.3 Å². The van der Waals surface area contributed by atoms with Crippen molar-refractivity contribution in [3.05, 3.63) is 46.8 Å². The van der Waals surface area contributed by atoms with Gasteiger partial charge in [0.05, 0.1) is 10.8 Å². The molecule has 1 aromatic carbocycles. The van der Waals surface area contributed by atoms with Crippen LogP contribution in [0.4, 0.5) is 0 Å². The maximum atomic E-state index is 11.9. The molecule has 1 aliphatic rings. The van der Waals surface area contributed by atoms with E-state index in [9.17, 15) is 4.79 Å². The van der Waals surface area contributed by atoms with Crippen molar-refractivity contribution < 1.29 is 13.9 Å². The van der Waals surface area contributed by atoms with E-state index in [1.54, 1.807) is 12.1 Å². The predicted octanol–water partition coefficient (Wildman–Crippen LogP) is 4.40. The number of allylic oxidation sites excluding steroid dienone is 1. The Morgan fingerprint density at radius 3 is 3.00 bits per heavy atom. The lowest BCUT2D eigenvalue weighted by Crippen LogP contribution is -2.26. The molecule has 6 nitrogen and oxygen atoms in total. The maximum Gasteiger partial charge on any atom is 0.277 e. The molecule has 1 aromatic heterocycles. The van der Waals surface area contributed by atoms with E-state index in [4.69, 9.17) is 20.8 Å². The van der Waals surface area contributed by atoms with Crippen LogP contribution in [0.25, 0.3) is 0 Å². The molecule has 144 valence electrons. The monoisotopic (exact) mass is 407 g/mol. The zero-order valence-electron chi connectivity index (χ0n) is 14.9. The smallest absolute Gasteiger partial charge is 0.277 e. The van der Waals surface area contributed by atoms with Gasteiger partial charge in [-0.15, -0.1) is 10.2 Å². The van der Waals surface area contributed by atoms with Crippen molar-refractivity contribution >= 4 is 29.3 Å². The second-order valence-corrected chi connectivity index (χ2v) is 7.51. The van der Waals surface area contributed by atoms with Gasteiger partial charge in [0, 0.05) is 6.54 Å². The van der Waals surface area contributed by atoms with E-state index in [1.165, 1.54) is 36.6 Å². The minimum absolute atomic E-state index is 0.0384. The van der Waals surface area contributed by atoms with Gasteiger partial charge >= 0.3 is 0 Å². The standard InChI is InChI=1S/C19H22ClN3O3S/c20-15-8-4-5-9-16(15)25-12-18-22-23-19(26-18)27-13-17(24)21-11-10-14-6-2-1-3-7-14/h4-6,8-9H,1-3,7,10-13H2,(H,21,24). The second kappa shape index (κ2) is 10.4. The zero-order chi connectivity index (χ0) is 18.9. The van der Waals surface area contributed by atoms with Gasteiger partial charge in [-0.2, -0.15) is 0 Å². The van der Waals surface area contributed by atoms with Crippen LogP contribution in [0.2, 0.25) is 5.02 Å². The molecule has 3 rings (SSSR count). The molecular formula is C19H22ClN3O3S. The molecule has 0 unspecified atom stereocenters. The Kier molecular flexibility index (Phi) is 7.59. The fraction of sp³-hybridized carbons (Fsp3) is 0.421. The number of ether oxygens (including phenoxy) is 1. The molecule has 0 fully saturated rings. The van der Waals surface area contributed by atoms with Gasteiger partial charge in [-0.25, -0.2) is 0 Å². The minimum Gasteiger partial charge on any atom is -0.482 e. The summed E-state index contributed by atoms with van der Waals surface area (Å²) < 4.78 is 11.0. The average Bonchev–Trinajstić information content (AvgIpc) is 3.14. The van der Waals surface area contributed by atoms with Crippen LogP contribution < -0.4 is 10.1 Å². The normalized spacial score (nSPS) is 13.9. The number of rotatable bonds is 9. The number of aromatic nitrogens is 2. The lowest BCUT2D eigenvalue weighted by atomic mass is 9.97. The van der Waals surface area contributed by atoms with E-state index in [2.05, 4.69) is 21.6 Å². The fourth-order valence-electron chi connectivity index (χ4n) is 2.73. The van der Waals surface area contributed by atoms with E-state index in [1.807, 2.05) is 12.1 Å². The number of hydrogen-bond donors (Lipinski definition) is 1. The quantitative estimate of drug-likeness (QED) is 0.490. The van der Waals surface area contributed by atoms with E-state index < -0.39 is 0 Å². The van der Waals surface area contributed by atoms with Gasteiger partial charge in [0.15, 0.2) is 6.61 Å². The molecule has 0 spiro atoms. The number of nitrogens with zero attached hydrogens (tertiary/aromatic N) is 2. The molecule has 27 heavy (non-hydrogen) atoms. The molecule has 0 aliphatic heterocycles. The largest absolute Gasteiger partial charge is 0.482 e. The summed E-state index contributed by atoms with van der Waals surface area (Å²) >= 11 is 7.24. The third kappa shape index (κ3) is 6.59. The summed E-state index contributed by atoms with van der Waals surface area (Å²) in [5.41, 5.74) is 1.45. The summed E-state index contributed by atoms with van der Waals surface area (Å²) in [5.74, 6) is 1.09. The van der Waals surface area contributed by atoms with Crippen molar-refractivity contribution in [1.82, 2.24) is 15.5 Å². The Labute approximate surface area is 167 Å². The summed E-state index contributed by atoms with van der Waals surface area (Å²) in [7, 11) is 0. The Morgan fingerprint density at radius 2 is 2.19 bits per heavy atom. The van der Waals surface area contributed by atoms with Gasteiger partial charge in [-0.1, -0.05) is 47.1 Å². The number of nitrogens with one attached hydrogen (secondary N) is 1. The highest BCUT2D eigenvalue weighted by molar-refractivity contribution is 7.99. The first-order chi connectivity index (χ1) is 13.2. The lowest BCUT2D eigenvalue weighted by Gasteiger charge is -2.12. The first kappa shape index (κ1) is 19.8. The number of benzene rings is 1. The Balaban J connectivity index is 1.35. The third-order valence-corrected chi connectivity index (χ3v) is 5.25. The van der Waals surface area contributed by atoms with E-state index in [-0.39, 0.29) is 18.3 Å². The van der Waals surface area contributed by atoms with Crippen molar-refractivity contribution in [3.63, 3.8) is 0 Å². The minimum atomic E-state index is -0.0384. The van der Waals surface area contributed by atoms with Crippen LogP contribution in [0, 0.1) is 0 Å². The van der Waals surface area contributed by atoms with Crippen molar-refractivity contribution in [1.29, 1.82) is 0 Å². The van der Waals surface area contributed by atoms with Gasteiger partial charge in [-0.3, -0.25) is 4.79 Å². The molecule has 0 atom stereocenters. The van der Waals surface area contributed by atoms with Crippen molar-refractivity contribution in [3.8, 4) is 5.75 Å². The molecular weight excluding hydrogens is 386 g/mol. The zero-order valence-corrected chi connectivity index (χ0v) is 16.5. The highest BCUT2D eigenvalue weighted by Crippen LogP contribution is 2.24. The summed E-state index contributed by atoms with van der Waals surface area (Å²) in [5, 5.41) is 11.6. The molecule has 1 N–H and O–H groups in total. The summed E-state index contributed by atoms with van der Waals surface area (Å²) in [6.45, 7) is 0.796. The van der Waals surface area contributed by atoms with E-state index in [0.717, 1.165) is 12.8 Å². The van der Waals surface area contributed by atoms with Crippen LogP contribution in [0.3, 0.4) is 0 Å². The molecule has 0 radical (unpaired) electrons.